The van der Waals surface area contributed by atoms with Gasteiger partial charge in [-0.25, -0.2) is 4.79 Å². The molecule has 2 aromatic carbocycles. The number of aromatic carboxylic acids is 1. The molecule has 0 aliphatic carbocycles. The summed E-state index contributed by atoms with van der Waals surface area (Å²) in [6, 6.07) is 11.7. The molecule has 4 heteroatoms. The van der Waals surface area contributed by atoms with E-state index in [4.69, 9.17) is 5.11 Å². The molecule has 2 N–H and O–H groups in total. The Morgan fingerprint density at radius 3 is 2.43 bits per heavy atom. The Hall–Kier alpha value is -2.75. The van der Waals surface area contributed by atoms with E-state index in [2.05, 4.69) is 6.58 Å². The lowest BCUT2D eigenvalue weighted by Gasteiger charge is -2.24. The fourth-order valence-corrected chi connectivity index (χ4v) is 2.19. The van der Waals surface area contributed by atoms with Crippen molar-refractivity contribution in [2.75, 3.05) is 11.9 Å². The van der Waals surface area contributed by atoms with Gasteiger partial charge in [-0.3, -0.25) is 0 Å². The molecule has 0 aliphatic heterocycles. The highest BCUT2D eigenvalue weighted by atomic mass is 16.4. The maximum absolute atomic E-state index is 11.0. The average Bonchev–Trinajstić information content (AvgIpc) is 2.46. The summed E-state index contributed by atoms with van der Waals surface area (Å²) in [5.74, 6) is -0.753. The van der Waals surface area contributed by atoms with Gasteiger partial charge in [-0.15, -0.1) is 0 Å². The van der Waals surface area contributed by atoms with Crippen LogP contribution in [-0.2, 0) is 0 Å². The van der Waals surface area contributed by atoms with Crippen LogP contribution in [0.2, 0.25) is 0 Å². The van der Waals surface area contributed by atoms with E-state index in [1.165, 1.54) is 0 Å². The number of aromatic hydroxyl groups is 1. The fourth-order valence-electron chi connectivity index (χ4n) is 2.19. The van der Waals surface area contributed by atoms with Gasteiger partial charge in [0.1, 0.15) is 5.75 Å². The molecule has 0 heterocycles. The summed E-state index contributed by atoms with van der Waals surface area (Å²) in [5.41, 5.74) is 3.47. The van der Waals surface area contributed by atoms with Crippen molar-refractivity contribution in [2.24, 2.45) is 0 Å². The number of carbonyl (C=O) groups is 1. The summed E-state index contributed by atoms with van der Waals surface area (Å²) in [7, 11) is 1.86. The minimum absolute atomic E-state index is 0.211. The summed E-state index contributed by atoms with van der Waals surface area (Å²) >= 11 is 0. The van der Waals surface area contributed by atoms with Gasteiger partial charge in [0, 0.05) is 18.4 Å². The number of aryl methyl sites for hydroxylation is 1. The maximum Gasteiger partial charge on any atom is 0.335 e. The lowest BCUT2D eigenvalue weighted by Crippen LogP contribution is -2.15. The third-order valence-electron chi connectivity index (χ3n) is 3.39. The Bertz CT molecular complexity index is 707. The predicted octanol–water partition coefficient (Wildman–Crippen LogP) is 3.51. The number of phenolic OH excluding ortho intramolecular Hbond substituents is 1. The Kier molecular flexibility index (Phi) is 3.98. The number of hydrogen-bond acceptors (Lipinski definition) is 3. The highest BCUT2D eigenvalue weighted by Gasteiger charge is 2.12. The van der Waals surface area contributed by atoms with Gasteiger partial charge in [-0.2, -0.15) is 0 Å². The van der Waals surface area contributed by atoms with Gasteiger partial charge in [0.2, 0.25) is 0 Å². The Morgan fingerprint density at radius 2 is 1.81 bits per heavy atom. The van der Waals surface area contributed by atoms with Crippen molar-refractivity contribution >= 4 is 17.4 Å². The standard InChI is InChI=1S/C17H17NO3/c1-11-9-15(19)7-8-16(11)18(3)12(2)13-5-4-6-14(10-13)17(20)21/h4-10,19H,2H2,1,3H3,(H,20,21). The molecular weight excluding hydrogens is 266 g/mol. The zero-order valence-corrected chi connectivity index (χ0v) is 12.0. The van der Waals surface area contributed by atoms with Crippen molar-refractivity contribution in [3.05, 3.63) is 65.7 Å². The molecule has 2 aromatic rings. The number of phenols is 1. The largest absolute Gasteiger partial charge is 0.508 e. The SMILES string of the molecule is C=C(c1cccc(C(=O)O)c1)N(C)c1ccc(O)cc1C. The van der Waals surface area contributed by atoms with E-state index < -0.39 is 5.97 Å². The minimum atomic E-state index is -0.965. The second-order valence-electron chi connectivity index (χ2n) is 4.86. The van der Waals surface area contributed by atoms with Crippen LogP contribution in [0.5, 0.6) is 5.75 Å². The van der Waals surface area contributed by atoms with Crippen molar-refractivity contribution < 1.29 is 15.0 Å². The topological polar surface area (TPSA) is 60.8 Å². The number of rotatable bonds is 4. The Morgan fingerprint density at radius 1 is 1.14 bits per heavy atom. The van der Waals surface area contributed by atoms with Crippen molar-refractivity contribution in [3.8, 4) is 5.75 Å². The molecular formula is C17H17NO3. The van der Waals surface area contributed by atoms with E-state index in [1.54, 1.807) is 36.4 Å². The number of carboxylic acid groups (broad SMARTS) is 1. The van der Waals surface area contributed by atoms with Gasteiger partial charge in [0.25, 0.3) is 0 Å². The molecule has 0 saturated carbocycles. The third-order valence-corrected chi connectivity index (χ3v) is 3.39. The van der Waals surface area contributed by atoms with E-state index in [0.717, 1.165) is 16.8 Å². The van der Waals surface area contributed by atoms with Crippen LogP contribution in [0, 0.1) is 6.92 Å². The second kappa shape index (κ2) is 5.71. The first kappa shape index (κ1) is 14.7. The lowest BCUT2D eigenvalue weighted by molar-refractivity contribution is 0.0697. The zero-order chi connectivity index (χ0) is 15.6. The van der Waals surface area contributed by atoms with Crippen LogP contribution < -0.4 is 4.90 Å². The van der Waals surface area contributed by atoms with E-state index in [-0.39, 0.29) is 11.3 Å². The zero-order valence-electron chi connectivity index (χ0n) is 12.0. The van der Waals surface area contributed by atoms with E-state index in [0.29, 0.717) is 5.70 Å². The van der Waals surface area contributed by atoms with Crippen molar-refractivity contribution in [2.45, 2.75) is 6.92 Å². The first-order valence-electron chi connectivity index (χ1n) is 6.46. The molecule has 0 aromatic heterocycles. The molecule has 108 valence electrons. The molecule has 4 nitrogen and oxygen atoms in total. The molecule has 0 unspecified atom stereocenters. The molecule has 0 saturated heterocycles. The van der Waals surface area contributed by atoms with Crippen LogP contribution >= 0.6 is 0 Å². The molecule has 0 fully saturated rings. The minimum Gasteiger partial charge on any atom is -0.508 e. The van der Waals surface area contributed by atoms with Crippen LogP contribution in [0.3, 0.4) is 0 Å². The van der Waals surface area contributed by atoms with Gasteiger partial charge in [-0.05, 0) is 48.4 Å². The van der Waals surface area contributed by atoms with Crippen molar-refractivity contribution in [1.82, 2.24) is 0 Å². The van der Waals surface area contributed by atoms with Crippen LogP contribution in [0.1, 0.15) is 21.5 Å². The summed E-state index contributed by atoms with van der Waals surface area (Å²) in [6.45, 7) is 5.93. The van der Waals surface area contributed by atoms with Gasteiger partial charge >= 0.3 is 5.97 Å². The molecule has 21 heavy (non-hydrogen) atoms. The molecule has 0 spiro atoms. The van der Waals surface area contributed by atoms with Gasteiger partial charge in [0.05, 0.1) is 5.56 Å². The van der Waals surface area contributed by atoms with Crippen LogP contribution in [0.25, 0.3) is 5.70 Å². The van der Waals surface area contributed by atoms with E-state index >= 15 is 0 Å². The van der Waals surface area contributed by atoms with E-state index in [9.17, 15) is 9.90 Å². The summed E-state index contributed by atoms with van der Waals surface area (Å²) in [6.07, 6.45) is 0. The molecule has 2 rings (SSSR count). The first-order valence-corrected chi connectivity index (χ1v) is 6.46. The van der Waals surface area contributed by atoms with Crippen molar-refractivity contribution in [1.29, 1.82) is 0 Å². The van der Waals surface area contributed by atoms with Crippen LogP contribution in [-0.4, -0.2) is 23.2 Å². The average molecular weight is 283 g/mol. The number of hydrogen-bond donors (Lipinski definition) is 2. The Labute approximate surface area is 123 Å². The quantitative estimate of drug-likeness (QED) is 0.901. The van der Waals surface area contributed by atoms with Gasteiger partial charge < -0.3 is 15.1 Å². The smallest absolute Gasteiger partial charge is 0.335 e. The molecule has 0 aliphatic rings. The monoisotopic (exact) mass is 283 g/mol. The van der Waals surface area contributed by atoms with Gasteiger partial charge in [-0.1, -0.05) is 18.7 Å². The summed E-state index contributed by atoms with van der Waals surface area (Å²) < 4.78 is 0. The summed E-state index contributed by atoms with van der Waals surface area (Å²) in [5, 5.41) is 18.5. The molecule has 0 amide bonds. The van der Waals surface area contributed by atoms with Gasteiger partial charge in [0.15, 0.2) is 0 Å². The second-order valence-corrected chi connectivity index (χ2v) is 4.86. The Balaban J connectivity index is 2.35. The van der Waals surface area contributed by atoms with E-state index in [1.807, 2.05) is 24.9 Å². The van der Waals surface area contributed by atoms with Crippen LogP contribution in [0.15, 0.2) is 49.0 Å². The molecule has 0 atom stereocenters. The number of benzene rings is 2. The predicted molar refractivity (Wildman–Crippen MR) is 83.7 cm³/mol. The molecule has 0 radical (unpaired) electrons. The van der Waals surface area contributed by atoms with Crippen molar-refractivity contribution in [3.63, 3.8) is 0 Å². The highest BCUT2D eigenvalue weighted by molar-refractivity contribution is 5.89. The van der Waals surface area contributed by atoms with Crippen LogP contribution in [0.4, 0.5) is 5.69 Å². The highest BCUT2D eigenvalue weighted by Crippen LogP contribution is 2.29. The number of nitrogens with zero attached hydrogens (tertiary/aromatic N) is 1. The maximum atomic E-state index is 11.0. The molecule has 0 bridgehead atoms. The fraction of sp³-hybridized carbons (Fsp3) is 0.118. The number of anilines is 1. The summed E-state index contributed by atoms with van der Waals surface area (Å²) in [4.78, 5) is 12.9. The lowest BCUT2D eigenvalue weighted by atomic mass is 10.1. The number of carboxylic acids is 1. The normalized spacial score (nSPS) is 10.2. The first-order chi connectivity index (χ1) is 9.90. The third kappa shape index (κ3) is 3.05.